The van der Waals surface area contributed by atoms with E-state index in [1.54, 1.807) is 24.4 Å². The van der Waals surface area contributed by atoms with E-state index >= 15 is 0 Å². The molecule has 0 bridgehead atoms. The zero-order chi connectivity index (χ0) is 14.8. The second-order valence-corrected chi connectivity index (χ2v) is 6.11. The first-order valence-electron chi connectivity index (χ1n) is 6.03. The zero-order valence-corrected chi connectivity index (χ0v) is 12.9. The molecule has 0 amide bonds. The standard InChI is InChI=1S/C13H15Cl2N5/c1-13(2,3)19-11-7-16-20-12(18-11)17-8-4-5-9(14)10(15)6-8/h4-7H,1-3H3,(H2,17,18,19,20). The fourth-order valence-corrected chi connectivity index (χ4v) is 1.80. The number of aromatic nitrogens is 3. The van der Waals surface area contributed by atoms with Crippen LogP contribution >= 0.6 is 23.2 Å². The minimum atomic E-state index is -0.100. The van der Waals surface area contributed by atoms with Crippen LogP contribution in [0, 0.1) is 0 Å². The number of hydrogen-bond acceptors (Lipinski definition) is 5. The summed E-state index contributed by atoms with van der Waals surface area (Å²) in [7, 11) is 0. The Labute approximate surface area is 127 Å². The van der Waals surface area contributed by atoms with E-state index in [2.05, 4.69) is 25.8 Å². The molecule has 2 rings (SSSR count). The molecule has 0 radical (unpaired) electrons. The Morgan fingerprint density at radius 3 is 2.50 bits per heavy atom. The Morgan fingerprint density at radius 1 is 1.10 bits per heavy atom. The highest BCUT2D eigenvalue weighted by Gasteiger charge is 2.11. The molecule has 5 nitrogen and oxygen atoms in total. The van der Waals surface area contributed by atoms with Gasteiger partial charge in [-0.1, -0.05) is 23.2 Å². The van der Waals surface area contributed by atoms with Gasteiger partial charge in [0.05, 0.1) is 16.2 Å². The molecule has 0 aliphatic heterocycles. The van der Waals surface area contributed by atoms with Gasteiger partial charge in [-0.3, -0.25) is 0 Å². The molecule has 0 fully saturated rings. The molecule has 106 valence electrons. The Hall–Kier alpha value is -1.59. The van der Waals surface area contributed by atoms with Crippen molar-refractivity contribution in [3.63, 3.8) is 0 Å². The maximum atomic E-state index is 5.96. The number of rotatable bonds is 3. The fourth-order valence-electron chi connectivity index (χ4n) is 1.50. The van der Waals surface area contributed by atoms with Crippen LogP contribution in [-0.2, 0) is 0 Å². The molecule has 1 aromatic carbocycles. The molecule has 0 atom stereocenters. The smallest absolute Gasteiger partial charge is 0.249 e. The van der Waals surface area contributed by atoms with E-state index in [1.807, 2.05) is 20.8 Å². The summed E-state index contributed by atoms with van der Waals surface area (Å²) in [5, 5.41) is 15.1. The van der Waals surface area contributed by atoms with E-state index in [-0.39, 0.29) is 5.54 Å². The summed E-state index contributed by atoms with van der Waals surface area (Å²) < 4.78 is 0. The third kappa shape index (κ3) is 4.21. The molecule has 1 aromatic heterocycles. The topological polar surface area (TPSA) is 62.7 Å². The Balaban J connectivity index is 2.17. The first-order valence-corrected chi connectivity index (χ1v) is 6.79. The van der Waals surface area contributed by atoms with Crippen LogP contribution < -0.4 is 10.6 Å². The summed E-state index contributed by atoms with van der Waals surface area (Å²) in [5.74, 6) is 1.03. The molecular weight excluding hydrogens is 297 g/mol. The van der Waals surface area contributed by atoms with Gasteiger partial charge in [0.2, 0.25) is 5.95 Å². The largest absolute Gasteiger partial charge is 0.364 e. The van der Waals surface area contributed by atoms with Crippen molar-refractivity contribution in [3.05, 3.63) is 34.4 Å². The van der Waals surface area contributed by atoms with Crippen molar-refractivity contribution in [2.24, 2.45) is 0 Å². The predicted octanol–water partition coefficient (Wildman–Crippen LogP) is 4.13. The molecule has 20 heavy (non-hydrogen) atoms. The van der Waals surface area contributed by atoms with E-state index in [1.165, 1.54) is 0 Å². The minimum absolute atomic E-state index is 0.100. The van der Waals surface area contributed by atoms with E-state index in [4.69, 9.17) is 23.2 Å². The average Bonchev–Trinajstić information content (AvgIpc) is 2.32. The van der Waals surface area contributed by atoms with Gasteiger partial charge in [-0.05, 0) is 39.0 Å². The second-order valence-electron chi connectivity index (χ2n) is 5.29. The lowest BCUT2D eigenvalue weighted by atomic mass is 10.1. The van der Waals surface area contributed by atoms with Crippen LogP contribution in [0.25, 0.3) is 0 Å². The van der Waals surface area contributed by atoms with Crippen molar-refractivity contribution in [3.8, 4) is 0 Å². The molecular formula is C13H15Cl2N5. The Morgan fingerprint density at radius 2 is 1.85 bits per heavy atom. The van der Waals surface area contributed by atoms with Gasteiger partial charge in [0, 0.05) is 11.2 Å². The summed E-state index contributed by atoms with van der Waals surface area (Å²) in [6, 6.07) is 5.20. The highest BCUT2D eigenvalue weighted by molar-refractivity contribution is 6.42. The number of nitrogens with zero attached hydrogens (tertiary/aromatic N) is 3. The summed E-state index contributed by atoms with van der Waals surface area (Å²) in [4.78, 5) is 4.33. The van der Waals surface area contributed by atoms with Crippen LogP contribution in [0.5, 0.6) is 0 Å². The van der Waals surface area contributed by atoms with Crippen LogP contribution in [-0.4, -0.2) is 20.7 Å². The van der Waals surface area contributed by atoms with Crippen molar-refractivity contribution < 1.29 is 0 Å². The number of hydrogen-bond donors (Lipinski definition) is 2. The van der Waals surface area contributed by atoms with Crippen LogP contribution in [0.4, 0.5) is 17.5 Å². The van der Waals surface area contributed by atoms with E-state index in [9.17, 15) is 0 Å². The Kier molecular flexibility index (Phi) is 4.30. The zero-order valence-electron chi connectivity index (χ0n) is 11.4. The molecule has 2 N–H and O–H groups in total. The third-order valence-electron chi connectivity index (χ3n) is 2.24. The lowest BCUT2D eigenvalue weighted by Gasteiger charge is -2.20. The fraction of sp³-hybridized carbons (Fsp3) is 0.308. The quantitative estimate of drug-likeness (QED) is 0.892. The van der Waals surface area contributed by atoms with Crippen LogP contribution in [0.1, 0.15) is 20.8 Å². The van der Waals surface area contributed by atoms with Gasteiger partial charge >= 0.3 is 0 Å². The average molecular weight is 312 g/mol. The van der Waals surface area contributed by atoms with Gasteiger partial charge in [0.1, 0.15) is 0 Å². The van der Waals surface area contributed by atoms with Gasteiger partial charge in [0.25, 0.3) is 0 Å². The van der Waals surface area contributed by atoms with Gasteiger partial charge in [-0.15, -0.1) is 5.10 Å². The van der Waals surface area contributed by atoms with Gasteiger partial charge < -0.3 is 10.6 Å². The van der Waals surface area contributed by atoms with Crippen molar-refractivity contribution in [1.29, 1.82) is 0 Å². The maximum absolute atomic E-state index is 5.96. The number of nitrogens with one attached hydrogen (secondary N) is 2. The molecule has 0 saturated heterocycles. The van der Waals surface area contributed by atoms with Gasteiger partial charge in [-0.2, -0.15) is 10.1 Å². The molecule has 0 aliphatic carbocycles. The van der Waals surface area contributed by atoms with Crippen molar-refractivity contribution in [2.75, 3.05) is 10.6 Å². The van der Waals surface area contributed by atoms with Crippen LogP contribution in [0.15, 0.2) is 24.4 Å². The molecule has 2 aromatic rings. The number of halogens is 2. The molecule has 0 unspecified atom stereocenters. The Bertz CT molecular complexity index is 610. The molecule has 0 spiro atoms. The number of anilines is 3. The summed E-state index contributed by atoms with van der Waals surface area (Å²) >= 11 is 11.8. The lowest BCUT2D eigenvalue weighted by Crippen LogP contribution is -2.27. The summed E-state index contributed by atoms with van der Waals surface area (Å²) in [6.45, 7) is 6.13. The molecule has 0 saturated carbocycles. The highest BCUT2D eigenvalue weighted by Crippen LogP contribution is 2.26. The summed E-state index contributed by atoms with van der Waals surface area (Å²) in [5.41, 5.74) is 0.644. The minimum Gasteiger partial charge on any atom is -0.364 e. The second kappa shape index (κ2) is 5.81. The van der Waals surface area contributed by atoms with E-state index in [0.29, 0.717) is 21.8 Å². The maximum Gasteiger partial charge on any atom is 0.249 e. The monoisotopic (exact) mass is 311 g/mol. The normalized spacial score (nSPS) is 11.2. The van der Waals surface area contributed by atoms with Crippen molar-refractivity contribution in [1.82, 2.24) is 15.2 Å². The summed E-state index contributed by atoms with van der Waals surface area (Å²) in [6.07, 6.45) is 1.57. The number of benzene rings is 1. The van der Waals surface area contributed by atoms with Crippen LogP contribution in [0.2, 0.25) is 10.0 Å². The van der Waals surface area contributed by atoms with E-state index in [0.717, 1.165) is 5.69 Å². The van der Waals surface area contributed by atoms with Crippen molar-refractivity contribution in [2.45, 2.75) is 26.3 Å². The SMILES string of the molecule is CC(C)(C)Nc1cnnc(Nc2ccc(Cl)c(Cl)c2)n1. The lowest BCUT2D eigenvalue weighted by molar-refractivity contribution is 0.629. The van der Waals surface area contributed by atoms with Gasteiger partial charge in [0.15, 0.2) is 5.82 Å². The predicted molar refractivity (Wildman–Crippen MR) is 82.9 cm³/mol. The van der Waals surface area contributed by atoms with E-state index < -0.39 is 0 Å². The van der Waals surface area contributed by atoms with Crippen molar-refractivity contribution >= 4 is 40.7 Å². The first-order chi connectivity index (χ1) is 9.33. The van der Waals surface area contributed by atoms with Crippen LogP contribution in [0.3, 0.4) is 0 Å². The van der Waals surface area contributed by atoms with Gasteiger partial charge in [-0.25, -0.2) is 0 Å². The first kappa shape index (κ1) is 14.8. The molecule has 1 heterocycles. The highest BCUT2D eigenvalue weighted by atomic mass is 35.5. The third-order valence-corrected chi connectivity index (χ3v) is 2.98. The molecule has 7 heteroatoms. The molecule has 0 aliphatic rings.